The molecule has 0 heterocycles. The fourth-order valence-electron chi connectivity index (χ4n) is 0. The van der Waals surface area contributed by atoms with Crippen LogP contribution in [0.3, 0.4) is 0 Å². The Kier molecular flexibility index (Phi) is 235. The molecule has 5 heavy (non-hydrogen) atoms. The first-order valence-electron chi connectivity index (χ1n) is 0. The van der Waals surface area contributed by atoms with E-state index in [1.54, 1.807) is 0 Å². The zero-order chi connectivity index (χ0) is 0. The Balaban J connectivity index is 0. The standard InChI is InChI=1S/Li.Mg.Mn.Ni.Ti.3H/q+1;+2;;;;3*-1. The monoisotopic (exact) mass is 195 g/mol. The fourth-order valence-corrected chi connectivity index (χ4v) is 0. The van der Waals surface area contributed by atoms with Crippen LogP contribution in [0.5, 0.6) is 0 Å². The van der Waals surface area contributed by atoms with Gasteiger partial charge in [0.05, 0.1) is 0 Å². The summed E-state index contributed by atoms with van der Waals surface area (Å²) in [4.78, 5) is 0. The summed E-state index contributed by atoms with van der Waals surface area (Å²) in [6.45, 7) is 0. The van der Waals surface area contributed by atoms with Crippen molar-refractivity contribution in [2.24, 2.45) is 0 Å². The normalized spacial score (nSPS) is 0. The minimum Gasteiger partial charge on any atom is -1.00 e. The molecule has 0 unspecified atom stereocenters. The molecule has 0 spiro atoms. The molecule has 0 aromatic carbocycles. The smallest absolute Gasteiger partial charge is 1.00 e. The van der Waals surface area contributed by atoms with Crippen molar-refractivity contribution in [1.82, 2.24) is 0 Å². The Hall–Kier alpha value is 3.09. The first-order chi connectivity index (χ1) is 0. The van der Waals surface area contributed by atoms with Crippen LogP contribution in [0, 0.1) is 0 Å². The predicted octanol–water partition coefficient (Wildman–Crippen LogP) is -3.05. The van der Waals surface area contributed by atoms with Crippen LogP contribution in [0.2, 0.25) is 0 Å². The Morgan fingerprint density at radius 3 is 1.20 bits per heavy atom. The molecule has 0 aromatic rings. The van der Waals surface area contributed by atoms with Crippen molar-refractivity contribution in [3.8, 4) is 0 Å². The Labute approximate surface area is 100 Å². The fraction of sp³-hybridized carbons (Fsp3) is 0. The Morgan fingerprint density at radius 1 is 1.20 bits per heavy atom. The second-order valence-electron chi connectivity index (χ2n) is 0. The van der Waals surface area contributed by atoms with Crippen LogP contribution in [-0.2, 0) is 55.3 Å². The zero-order valence-electron chi connectivity index (χ0n) is 5.90. The van der Waals surface area contributed by atoms with Crippen LogP contribution in [0.4, 0.5) is 0 Å². The van der Waals surface area contributed by atoms with Gasteiger partial charge in [0, 0.05) is 55.3 Å². The maximum absolute atomic E-state index is 0. The number of hydrogen-bond donors (Lipinski definition) is 0. The summed E-state index contributed by atoms with van der Waals surface area (Å²) in [5.74, 6) is 0. The molecule has 27 valence electrons. The molecule has 0 aromatic heterocycles. The maximum atomic E-state index is 0. The van der Waals surface area contributed by atoms with Gasteiger partial charge in [-0.05, 0) is 0 Å². The average Bonchev–Trinajstić information content (AvgIpc) is 0. The third-order valence-electron chi connectivity index (χ3n) is 0. The van der Waals surface area contributed by atoms with Crippen molar-refractivity contribution < 1.29 is 78.4 Å². The SMILES string of the molecule is [H-].[H-].[H-].[Li+].[Mg+2].[Mn].[Ni].[Ti]. The van der Waals surface area contributed by atoms with Gasteiger partial charge < -0.3 is 4.28 Å². The first-order valence-corrected chi connectivity index (χ1v) is 0. The molecule has 5 heteroatoms. The predicted molar refractivity (Wildman–Crippen MR) is 9.09 cm³/mol. The Morgan fingerprint density at radius 2 is 1.20 bits per heavy atom. The van der Waals surface area contributed by atoms with Crippen molar-refractivity contribution in [3.63, 3.8) is 0 Å². The molecule has 0 bridgehead atoms. The van der Waals surface area contributed by atoms with Crippen molar-refractivity contribution >= 4 is 23.1 Å². The molecule has 0 aliphatic heterocycles. The van der Waals surface area contributed by atoms with E-state index in [9.17, 15) is 0 Å². The molecule has 0 atom stereocenters. The zero-order valence-corrected chi connectivity index (χ0v) is 8.05. The molecule has 0 aliphatic carbocycles. The van der Waals surface area contributed by atoms with Gasteiger partial charge in [-0.2, -0.15) is 0 Å². The van der Waals surface area contributed by atoms with Crippen molar-refractivity contribution in [2.75, 3.05) is 0 Å². The summed E-state index contributed by atoms with van der Waals surface area (Å²) in [5.41, 5.74) is 0. The van der Waals surface area contributed by atoms with Gasteiger partial charge in [-0.3, -0.25) is 0 Å². The second kappa shape index (κ2) is 27.5. The minimum atomic E-state index is 0. The van der Waals surface area contributed by atoms with E-state index in [0.717, 1.165) is 0 Å². The van der Waals surface area contributed by atoms with Crippen molar-refractivity contribution in [1.29, 1.82) is 0 Å². The van der Waals surface area contributed by atoms with E-state index in [4.69, 9.17) is 0 Å². The summed E-state index contributed by atoms with van der Waals surface area (Å²) in [6, 6.07) is 0. The van der Waals surface area contributed by atoms with E-state index in [2.05, 4.69) is 0 Å². The summed E-state index contributed by atoms with van der Waals surface area (Å²) in [5, 5.41) is 0. The molecule has 1 radical (unpaired) electrons. The third kappa shape index (κ3) is 19.2. The number of rotatable bonds is 0. The van der Waals surface area contributed by atoms with E-state index in [0.29, 0.717) is 0 Å². The van der Waals surface area contributed by atoms with Crippen LogP contribution in [0.1, 0.15) is 4.28 Å². The molecule has 0 fully saturated rings. The summed E-state index contributed by atoms with van der Waals surface area (Å²) in [7, 11) is 0. The molecule has 0 aliphatic rings. The van der Waals surface area contributed by atoms with Crippen molar-refractivity contribution in [3.05, 3.63) is 0 Å². The van der Waals surface area contributed by atoms with Gasteiger partial charge in [0.2, 0.25) is 0 Å². The molecule has 0 nitrogen and oxygen atoms in total. The van der Waals surface area contributed by atoms with Crippen LogP contribution in [0.15, 0.2) is 0 Å². The van der Waals surface area contributed by atoms with Crippen LogP contribution in [0.25, 0.3) is 0 Å². The van der Waals surface area contributed by atoms with E-state index < -0.39 is 0 Å². The molecule has 0 rings (SSSR count). The maximum Gasteiger partial charge on any atom is 2.00 e. The first kappa shape index (κ1) is 42.6. The van der Waals surface area contributed by atoms with Gasteiger partial charge in [-0.25, -0.2) is 0 Å². The van der Waals surface area contributed by atoms with E-state index in [-0.39, 0.29) is 101 Å². The van der Waals surface area contributed by atoms with Gasteiger partial charge >= 0.3 is 41.9 Å². The van der Waals surface area contributed by atoms with Crippen LogP contribution >= 0.6 is 0 Å². The molecule has 0 N–H and O–H groups in total. The van der Waals surface area contributed by atoms with Crippen LogP contribution < -0.4 is 18.9 Å². The average molecular weight is 196 g/mol. The van der Waals surface area contributed by atoms with Gasteiger partial charge in [-0.15, -0.1) is 0 Å². The quantitative estimate of drug-likeness (QED) is 0.361. The summed E-state index contributed by atoms with van der Waals surface area (Å²) < 4.78 is 0. The summed E-state index contributed by atoms with van der Waals surface area (Å²) in [6.07, 6.45) is 0. The minimum absolute atomic E-state index is 0. The molecular weight excluding hydrogens is 193 g/mol. The number of hydrogen-bond acceptors (Lipinski definition) is 0. The van der Waals surface area contributed by atoms with E-state index >= 15 is 0 Å². The van der Waals surface area contributed by atoms with Gasteiger partial charge in [-0.1, -0.05) is 0 Å². The Bertz CT molecular complexity index is 19.2. The molecular formula is H3LiMgMnNiTi. The summed E-state index contributed by atoms with van der Waals surface area (Å²) >= 11 is 0. The topological polar surface area (TPSA) is 0 Å². The molecule has 0 saturated heterocycles. The van der Waals surface area contributed by atoms with E-state index in [1.807, 2.05) is 0 Å². The van der Waals surface area contributed by atoms with Crippen molar-refractivity contribution in [2.45, 2.75) is 0 Å². The second-order valence-corrected chi connectivity index (χ2v) is 0. The largest absolute Gasteiger partial charge is 2.00 e. The van der Waals surface area contributed by atoms with E-state index in [1.165, 1.54) is 0 Å². The van der Waals surface area contributed by atoms with Gasteiger partial charge in [0.1, 0.15) is 0 Å². The molecule has 0 amide bonds. The van der Waals surface area contributed by atoms with Crippen LogP contribution in [-0.4, -0.2) is 23.1 Å². The van der Waals surface area contributed by atoms with Gasteiger partial charge in [0.25, 0.3) is 0 Å². The third-order valence-corrected chi connectivity index (χ3v) is 0. The molecule has 0 saturated carbocycles. The van der Waals surface area contributed by atoms with Gasteiger partial charge in [0.15, 0.2) is 0 Å².